The summed E-state index contributed by atoms with van der Waals surface area (Å²) in [7, 11) is 0. The van der Waals surface area contributed by atoms with Crippen molar-refractivity contribution in [1.29, 1.82) is 5.26 Å². The minimum Gasteiger partial charge on any atom is -0.392 e. The van der Waals surface area contributed by atoms with E-state index >= 15 is 0 Å². The largest absolute Gasteiger partial charge is 0.392 e. The Morgan fingerprint density at radius 1 is 1.39 bits per heavy atom. The number of aliphatic hydroxyl groups is 1. The molecule has 0 radical (unpaired) electrons. The number of hydrogen-bond acceptors (Lipinski definition) is 3. The van der Waals surface area contributed by atoms with Gasteiger partial charge in [0.15, 0.2) is 0 Å². The van der Waals surface area contributed by atoms with Crippen LogP contribution in [0.5, 0.6) is 0 Å². The van der Waals surface area contributed by atoms with E-state index in [2.05, 4.69) is 11.4 Å². The van der Waals surface area contributed by atoms with E-state index in [1.165, 1.54) is 6.42 Å². The molecule has 1 rings (SSSR count). The molecule has 2 atom stereocenters. The van der Waals surface area contributed by atoms with E-state index in [1.807, 2.05) is 13.8 Å². The molecule has 0 aliphatic heterocycles. The summed E-state index contributed by atoms with van der Waals surface area (Å²) >= 11 is 0. The van der Waals surface area contributed by atoms with Gasteiger partial charge in [0, 0.05) is 0 Å². The second-order valence-electron chi connectivity index (χ2n) is 5.59. The summed E-state index contributed by atoms with van der Waals surface area (Å²) in [6.07, 6.45) is 5.02. The number of hydrogen-bond donors (Lipinski definition) is 2. The molecule has 0 saturated heterocycles. The highest BCUT2D eigenvalue weighted by Crippen LogP contribution is 2.26. The summed E-state index contributed by atoms with van der Waals surface area (Å²) in [6.45, 7) is 3.75. The third-order valence-electron chi connectivity index (χ3n) is 3.74. The lowest BCUT2D eigenvalue weighted by Gasteiger charge is -2.26. The highest BCUT2D eigenvalue weighted by molar-refractivity contribution is 5.77. The zero-order valence-electron chi connectivity index (χ0n) is 11.4. The van der Waals surface area contributed by atoms with Crippen LogP contribution in [0.3, 0.4) is 0 Å². The molecule has 18 heavy (non-hydrogen) atoms. The molecule has 0 aromatic heterocycles. The van der Waals surface area contributed by atoms with Crippen molar-refractivity contribution in [2.45, 2.75) is 64.5 Å². The molecule has 0 bridgehead atoms. The van der Waals surface area contributed by atoms with Crippen LogP contribution in [0.15, 0.2) is 0 Å². The van der Waals surface area contributed by atoms with Crippen molar-refractivity contribution in [3.05, 3.63) is 0 Å². The van der Waals surface area contributed by atoms with Gasteiger partial charge in [-0.15, -0.1) is 0 Å². The van der Waals surface area contributed by atoms with Crippen LogP contribution in [0.4, 0.5) is 0 Å². The number of carbonyl (C=O) groups is 1. The number of aliphatic hydroxyl groups excluding tert-OH is 1. The van der Waals surface area contributed by atoms with Crippen molar-refractivity contribution in [3.63, 3.8) is 0 Å². The number of rotatable bonds is 5. The second kappa shape index (κ2) is 7.38. The number of nitrogens with one attached hydrogen (secondary N) is 1. The Morgan fingerprint density at radius 3 is 2.50 bits per heavy atom. The van der Waals surface area contributed by atoms with E-state index in [0.29, 0.717) is 0 Å². The maximum atomic E-state index is 11.7. The Bertz CT molecular complexity index is 303. The molecular formula is C14H24N2O2. The Labute approximate surface area is 109 Å². The zero-order valence-corrected chi connectivity index (χ0v) is 11.4. The fraction of sp³-hybridized carbons (Fsp3) is 0.857. The lowest BCUT2D eigenvalue weighted by atomic mass is 9.84. The van der Waals surface area contributed by atoms with Gasteiger partial charge in [-0.1, -0.05) is 33.1 Å². The average molecular weight is 252 g/mol. The zero-order chi connectivity index (χ0) is 13.5. The summed E-state index contributed by atoms with van der Waals surface area (Å²) in [5, 5.41) is 21.6. The van der Waals surface area contributed by atoms with Crippen LogP contribution in [0.1, 0.15) is 52.4 Å². The van der Waals surface area contributed by atoms with E-state index in [4.69, 9.17) is 5.26 Å². The van der Waals surface area contributed by atoms with Gasteiger partial charge >= 0.3 is 0 Å². The monoisotopic (exact) mass is 252 g/mol. The summed E-state index contributed by atoms with van der Waals surface area (Å²) in [4.78, 5) is 11.7. The lowest BCUT2D eigenvalue weighted by Crippen LogP contribution is -2.41. The summed E-state index contributed by atoms with van der Waals surface area (Å²) in [6, 6.07) is 1.80. The predicted octanol–water partition coefficient (Wildman–Crippen LogP) is 1.98. The van der Waals surface area contributed by atoms with Gasteiger partial charge in [-0.3, -0.25) is 4.79 Å². The number of nitrogens with zero attached hydrogens (tertiary/aromatic N) is 1. The molecule has 1 amide bonds. The summed E-state index contributed by atoms with van der Waals surface area (Å²) in [5.41, 5.74) is 0. The second-order valence-corrected chi connectivity index (χ2v) is 5.59. The first-order chi connectivity index (χ1) is 8.54. The van der Waals surface area contributed by atoms with Gasteiger partial charge in [-0.25, -0.2) is 0 Å². The van der Waals surface area contributed by atoms with Crippen molar-refractivity contribution in [3.8, 4) is 6.07 Å². The molecule has 2 N–H and O–H groups in total. The van der Waals surface area contributed by atoms with Gasteiger partial charge in [-0.2, -0.15) is 5.26 Å². The van der Waals surface area contributed by atoms with Crippen LogP contribution in [0.25, 0.3) is 0 Å². The predicted molar refractivity (Wildman–Crippen MR) is 69.6 cm³/mol. The van der Waals surface area contributed by atoms with Gasteiger partial charge in [0.25, 0.3) is 0 Å². The van der Waals surface area contributed by atoms with Crippen molar-refractivity contribution >= 4 is 5.91 Å². The standard InChI is InChI=1S/C14H24N2O2/c1-10(2)13(17)8-14(18)16-12(9-15)11-6-4-3-5-7-11/h10-13,17H,3-8H2,1-2H3,(H,16,18). The Balaban J connectivity index is 2.42. The van der Waals surface area contributed by atoms with Gasteiger partial charge in [0.05, 0.1) is 18.6 Å². The van der Waals surface area contributed by atoms with E-state index in [9.17, 15) is 9.90 Å². The van der Waals surface area contributed by atoms with Gasteiger partial charge in [0.1, 0.15) is 6.04 Å². The first-order valence-corrected chi connectivity index (χ1v) is 6.91. The Morgan fingerprint density at radius 2 is 2.00 bits per heavy atom. The third kappa shape index (κ3) is 4.66. The summed E-state index contributed by atoms with van der Waals surface area (Å²) < 4.78 is 0. The SMILES string of the molecule is CC(C)C(O)CC(=O)NC(C#N)C1CCCCC1. The van der Waals surface area contributed by atoms with E-state index in [0.717, 1.165) is 25.7 Å². The molecule has 0 aromatic carbocycles. The van der Waals surface area contributed by atoms with Crippen LogP contribution in [0, 0.1) is 23.2 Å². The molecule has 1 fully saturated rings. The molecule has 4 heteroatoms. The maximum Gasteiger partial charge on any atom is 0.223 e. The van der Waals surface area contributed by atoms with Gasteiger partial charge < -0.3 is 10.4 Å². The number of amides is 1. The molecule has 2 unspecified atom stereocenters. The quantitative estimate of drug-likeness (QED) is 0.785. The van der Waals surface area contributed by atoms with Crippen LogP contribution in [-0.4, -0.2) is 23.2 Å². The van der Waals surface area contributed by atoms with E-state index < -0.39 is 12.1 Å². The molecular weight excluding hydrogens is 228 g/mol. The van der Waals surface area contributed by atoms with Gasteiger partial charge in [-0.05, 0) is 24.7 Å². The Hall–Kier alpha value is -1.08. The molecule has 0 aromatic rings. The normalized spacial score (nSPS) is 20.2. The van der Waals surface area contributed by atoms with Gasteiger partial charge in [0.2, 0.25) is 5.91 Å². The molecule has 0 spiro atoms. The van der Waals surface area contributed by atoms with Crippen LogP contribution in [0.2, 0.25) is 0 Å². The van der Waals surface area contributed by atoms with Crippen LogP contribution >= 0.6 is 0 Å². The topological polar surface area (TPSA) is 73.1 Å². The first-order valence-electron chi connectivity index (χ1n) is 6.91. The number of carbonyl (C=O) groups excluding carboxylic acids is 1. The highest BCUT2D eigenvalue weighted by Gasteiger charge is 2.25. The van der Waals surface area contributed by atoms with Crippen LogP contribution < -0.4 is 5.32 Å². The fourth-order valence-electron chi connectivity index (χ4n) is 2.38. The average Bonchev–Trinajstić information content (AvgIpc) is 2.36. The van der Waals surface area contributed by atoms with Crippen molar-refractivity contribution in [2.24, 2.45) is 11.8 Å². The Kier molecular flexibility index (Phi) is 6.14. The molecule has 1 saturated carbocycles. The molecule has 102 valence electrons. The lowest BCUT2D eigenvalue weighted by molar-refractivity contribution is -0.124. The molecule has 1 aliphatic carbocycles. The molecule has 4 nitrogen and oxygen atoms in total. The van der Waals surface area contributed by atoms with Crippen molar-refractivity contribution < 1.29 is 9.90 Å². The highest BCUT2D eigenvalue weighted by atomic mass is 16.3. The van der Waals surface area contributed by atoms with Crippen LogP contribution in [-0.2, 0) is 4.79 Å². The van der Waals surface area contributed by atoms with Crippen molar-refractivity contribution in [1.82, 2.24) is 5.32 Å². The molecule has 0 heterocycles. The van der Waals surface area contributed by atoms with Crippen molar-refractivity contribution in [2.75, 3.05) is 0 Å². The molecule has 1 aliphatic rings. The first kappa shape index (κ1) is 15.0. The minimum atomic E-state index is -0.629. The van der Waals surface area contributed by atoms with E-state index in [1.54, 1.807) is 0 Å². The minimum absolute atomic E-state index is 0.0611. The fourth-order valence-corrected chi connectivity index (χ4v) is 2.38. The maximum absolute atomic E-state index is 11.7. The van der Waals surface area contributed by atoms with E-state index in [-0.39, 0.29) is 24.2 Å². The number of nitriles is 1. The third-order valence-corrected chi connectivity index (χ3v) is 3.74. The smallest absolute Gasteiger partial charge is 0.223 e. The summed E-state index contributed by atoms with van der Waals surface area (Å²) in [5.74, 6) is 0.128.